The van der Waals surface area contributed by atoms with E-state index in [4.69, 9.17) is 9.72 Å². The number of thiazole rings is 1. The molecule has 33 heavy (non-hydrogen) atoms. The van der Waals surface area contributed by atoms with E-state index in [-0.39, 0.29) is 0 Å². The van der Waals surface area contributed by atoms with Crippen molar-refractivity contribution >= 4 is 43.3 Å². The van der Waals surface area contributed by atoms with Gasteiger partial charge in [-0.3, -0.25) is 9.88 Å². The van der Waals surface area contributed by atoms with Crippen molar-refractivity contribution in [2.75, 3.05) is 56.6 Å². The molecule has 1 N–H and O–H groups in total. The third-order valence-electron chi connectivity index (χ3n) is 6.26. The number of hydrogen-bond acceptors (Lipinski definition) is 7. The molecule has 2 aromatic carbocycles. The lowest BCUT2D eigenvalue weighted by Gasteiger charge is -2.36. The van der Waals surface area contributed by atoms with Gasteiger partial charge in [0.05, 0.1) is 28.0 Å². The van der Waals surface area contributed by atoms with Crippen LogP contribution in [0.4, 0.5) is 10.8 Å². The van der Waals surface area contributed by atoms with Crippen molar-refractivity contribution < 1.29 is 4.74 Å². The van der Waals surface area contributed by atoms with Gasteiger partial charge in [0.15, 0.2) is 5.13 Å². The van der Waals surface area contributed by atoms with E-state index in [2.05, 4.69) is 63.4 Å². The predicted octanol–water partition coefficient (Wildman–Crippen LogP) is 5.18. The predicted molar refractivity (Wildman–Crippen MR) is 139 cm³/mol. The van der Waals surface area contributed by atoms with E-state index < -0.39 is 0 Å². The molecule has 0 aliphatic carbocycles. The monoisotopic (exact) mass is 461 g/mol. The van der Waals surface area contributed by atoms with Gasteiger partial charge in [-0.1, -0.05) is 29.5 Å². The highest BCUT2D eigenvalue weighted by atomic mass is 32.1. The van der Waals surface area contributed by atoms with Crippen LogP contribution in [0.1, 0.15) is 18.5 Å². The van der Waals surface area contributed by atoms with Crippen LogP contribution < -0.4 is 15.0 Å². The SMILES string of the molecule is CNc1nc2cc(OCCCCN3CCN(c4cccc5ccc(C)nc45)CC3)ccc2s1. The maximum atomic E-state index is 5.98. The van der Waals surface area contributed by atoms with Crippen molar-refractivity contribution in [3.63, 3.8) is 0 Å². The molecule has 4 aromatic rings. The fourth-order valence-corrected chi connectivity index (χ4v) is 5.23. The van der Waals surface area contributed by atoms with Gasteiger partial charge in [0, 0.05) is 50.4 Å². The first kappa shape index (κ1) is 21.9. The molecule has 0 bridgehead atoms. The van der Waals surface area contributed by atoms with E-state index in [0.717, 1.165) is 79.8 Å². The quantitative estimate of drug-likeness (QED) is 0.365. The number of benzene rings is 2. The molecule has 1 saturated heterocycles. The Labute approximate surface area is 199 Å². The van der Waals surface area contributed by atoms with Crippen LogP contribution in [0.15, 0.2) is 48.5 Å². The van der Waals surface area contributed by atoms with E-state index in [1.165, 1.54) is 15.8 Å². The molecule has 1 aliphatic rings. The molecule has 0 spiro atoms. The lowest BCUT2D eigenvalue weighted by atomic mass is 10.1. The van der Waals surface area contributed by atoms with Crippen molar-refractivity contribution in [2.45, 2.75) is 19.8 Å². The van der Waals surface area contributed by atoms with Crippen LogP contribution in [-0.4, -0.2) is 61.2 Å². The number of nitrogens with one attached hydrogen (secondary N) is 1. The number of aromatic nitrogens is 2. The molecule has 3 heterocycles. The van der Waals surface area contributed by atoms with Gasteiger partial charge in [-0.15, -0.1) is 0 Å². The van der Waals surface area contributed by atoms with Gasteiger partial charge in [-0.25, -0.2) is 4.98 Å². The van der Waals surface area contributed by atoms with Gasteiger partial charge in [0.25, 0.3) is 0 Å². The van der Waals surface area contributed by atoms with E-state index in [1.807, 2.05) is 19.2 Å². The maximum absolute atomic E-state index is 5.98. The molecule has 1 aliphatic heterocycles. The average Bonchev–Trinajstić information content (AvgIpc) is 3.26. The second kappa shape index (κ2) is 9.93. The molecule has 0 unspecified atom stereocenters. The number of rotatable bonds is 8. The Morgan fingerprint density at radius 2 is 1.88 bits per heavy atom. The summed E-state index contributed by atoms with van der Waals surface area (Å²) in [6, 6.07) is 16.9. The summed E-state index contributed by atoms with van der Waals surface area (Å²) >= 11 is 1.66. The molecular formula is C26H31N5OS. The molecule has 0 radical (unpaired) electrons. The number of hydrogen-bond donors (Lipinski definition) is 1. The first-order chi connectivity index (χ1) is 16.2. The smallest absolute Gasteiger partial charge is 0.183 e. The van der Waals surface area contributed by atoms with E-state index in [9.17, 15) is 0 Å². The van der Waals surface area contributed by atoms with E-state index >= 15 is 0 Å². The van der Waals surface area contributed by atoms with Crippen LogP contribution in [0.2, 0.25) is 0 Å². The molecule has 172 valence electrons. The van der Waals surface area contributed by atoms with Crippen LogP contribution in [0.3, 0.4) is 0 Å². The molecule has 2 aromatic heterocycles. The van der Waals surface area contributed by atoms with Crippen LogP contribution in [-0.2, 0) is 0 Å². The molecule has 7 heteroatoms. The third kappa shape index (κ3) is 5.04. The van der Waals surface area contributed by atoms with Gasteiger partial charge < -0.3 is 15.0 Å². The molecule has 1 fully saturated rings. The second-order valence-electron chi connectivity index (χ2n) is 8.58. The van der Waals surface area contributed by atoms with Crippen LogP contribution in [0.5, 0.6) is 5.75 Å². The highest BCUT2D eigenvalue weighted by molar-refractivity contribution is 7.22. The summed E-state index contributed by atoms with van der Waals surface area (Å²) in [5.74, 6) is 0.906. The number of para-hydroxylation sites is 1. The highest BCUT2D eigenvalue weighted by Crippen LogP contribution is 2.29. The Morgan fingerprint density at radius 1 is 1.00 bits per heavy atom. The van der Waals surface area contributed by atoms with E-state index in [0.29, 0.717) is 0 Å². The van der Waals surface area contributed by atoms with E-state index in [1.54, 1.807) is 11.3 Å². The highest BCUT2D eigenvalue weighted by Gasteiger charge is 2.19. The fourth-order valence-electron chi connectivity index (χ4n) is 4.43. The normalized spacial score (nSPS) is 14.8. The molecular weight excluding hydrogens is 430 g/mol. The summed E-state index contributed by atoms with van der Waals surface area (Å²) < 4.78 is 7.16. The van der Waals surface area contributed by atoms with Crippen molar-refractivity contribution in [2.24, 2.45) is 0 Å². The Morgan fingerprint density at radius 3 is 2.73 bits per heavy atom. The zero-order chi connectivity index (χ0) is 22.6. The molecule has 0 atom stereocenters. The van der Waals surface area contributed by atoms with Crippen molar-refractivity contribution in [3.8, 4) is 5.75 Å². The van der Waals surface area contributed by atoms with Crippen molar-refractivity contribution in [1.82, 2.24) is 14.9 Å². The number of pyridine rings is 1. The Bertz CT molecular complexity index is 1230. The largest absolute Gasteiger partial charge is 0.494 e. The Balaban J connectivity index is 1.06. The van der Waals surface area contributed by atoms with Gasteiger partial charge in [0.2, 0.25) is 0 Å². The second-order valence-corrected chi connectivity index (χ2v) is 9.61. The number of nitrogens with zero attached hydrogens (tertiary/aromatic N) is 4. The maximum Gasteiger partial charge on any atom is 0.183 e. The minimum absolute atomic E-state index is 0.746. The van der Waals surface area contributed by atoms with Gasteiger partial charge in [-0.05, 0) is 50.6 Å². The molecule has 5 rings (SSSR count). The Kier molecular flexibility index (Phi) is 6.60. The minimum Gasteiger partial charge on any atom is -0.494 e. The summed E-state index contributed by atoms with van der Waals surface area (Å²) in [4.78, 5) is 14.4. The fraction of sp³-hybridized carbons (Fsp3) is 0.385. The lowest BCUT2D eigenvalue weighted by Crippen LogP contribution is -2.46. The first-order valence-electron chi connectivity index (χ1n) is 11.7. The van der Waals surface area contributed by atoms with Crippen LogP contribution in [0.25, 0.3) is 21.1 Å². The van der Waals surface area contributed by atoms with Gasteiger partial charge in [0.1, 0.15) is 5.75 Å². The zero-order valence-electron chi connectivity index (χ0n) is 19.4. The standard InChI is InChI=1S/C26H31N5OS/c1-19-8-9-20-6-5-7-23(25(20)28-19)31-15-13-30(14-16-31)12-3-4-17-32-21-10-11-24-22(18-21)29-26(27-2)33-24/h5-11,18H,3-4,12-17H2,1-2H3,(H,27,29). The first-order valence-corrected chi connectivity index (χ1v) is 12.6. The summed E-state index contributed by atoms with van der Waals surface area (Å²) in [5, 5.41) is 5.26. The number of unbranched alkanes of at least 4 members (excludes halogenated alkanes) is 1. The minimum atomic E-state index is 0.746. The van der Waals surface area contributed by atoms with Crippen molar-refractivity contribution in [3.05, 3.63) is 54.2 Å². The lowest BCUT2D eigenvalue weighted by molar-refractivity contribution is 0.239. The topological polar surface area (TPSA) is 53.5 Å². The number of fused-ring (bicyclic) bond motifs is 2. The molecule has 0 amide bonds. The number of aryl methyl sites for hydroxylation is 1. The number of ether oxygens (including phenoxy) is 1. The Hall–Kier alpha value is -2.90. The van der Waals surface area contributed by atoms with Gasteiger partial charge in [-0.2, -0.15) is 0 Å². The number of anilines is 2. The number of piperazine rings is 1. The van der Waals surface area contributed by atoms with Crippen LogP contribution in [0, 0.1) is 6.92 Å². The average molecular weight is 462 g/mol. The zero-order valence-corrected chi connectivity index (χ0v) is 20.2. The molecule has 0 saturated carbocycles. The van der Waals surface area contributed by atoms with Crippen molar-refractivity contribution in [1.29, 1.82) is 0 Å². The van der Waals surface area contributed by atoms with Crippen LogP contribution >= 0.6 is 11.3 Å². The summed E-state index contributed by atoms with van der Waals surface area (Å²) in [7, 11) is 1.90. The summed E-state index contributed by atoms with van der Waals surface area (Å²) in [6.45, 7) is 8.22. The third-order valence-corrected chi connectivity index (χ3v) is 7.32. The summed E-state index contributed by atoms with van der Waals surface area (Å²) in [5.41, 5.74) is 4.46. The summed E-state index contributed by atoms with van der Waals surface area (Å²) in [6.07, 6.45) is 2.21. The van der Waals surface area contributed by atoms with Gasteiger partial charge >= 0.3 is 0 Å². The molecule has 6 nitrogen and oxygen atoms in total.